The van der Waals surface area contributed by atoms with Crippen molar-refractivity contribution in [3.05, 3.63) is 0 Å². The van der Waals surface area contributed by atoms with Crippen molar-refractivity contribution in [2.24, 2.45) is 0 Å². The van der Waals surface area contributed by atoms with Crippen LogP contribution in [0.25, 0.3) is 0 Å². The summed E-state index contributed by atoms with van der Waals surface area (Å²) in [5, 5.41) is 34.1. The molecule has 5 heteroatoms. The molecule has 0 aliphatic rings. The lowest BCUT2D eigenvalue weighted by molar-refractivity contribution is -0.127. The van der Waals surface area contributed by atoms with Crippen LogP contribution >= 0.6 is 0 Å². The summed E-state index contributed by atoms with van der Waals surface area (Å²) in [6.45, 7) is -0.688. The van der Waals surface area contributed by atoms with E-state index in [1.165, 1.54) is 0 Å². The number of rotatable bonds is 4. The summed E-state index contributed by atoms with van der Waals surface area (Å²) in [4.78, 5) is 9.76. The SMILES string of the molecule is C.O=C[C@@H](O)[C@H](O)[C@H](O)CO. The molecule has 0 bridgehead atoms. The van der Waals surface area contributed by atoms with Gasteiger partial charge in [0.1, 0.15) is 18.3 Å². The van der Waals surface area contributed by atoms with Gasteiger partial charge in [-0.15, -0.1) is 0 Å². The number of aliphatic hydroxyl groups excluding tert-OH is 4. The van der Waals surface area contributed by atoms with E-state index in [0.29, 0.717) is 0 Å². The van der Waals surface area contributed by atoms with Gasteiger partial charge >= 0.3 is 0 Å². The molecule has 3 atom stereocenters. The molecule has 0 aromatic rings. The predicted octanol–water partition coefficient (Wildman–Crippen LogP) is -2.10. The van der Waals surface area contributed by atoms with Gasteiger partial charge in [0.05, 0.1) is 6.61 Å². The molecule has 0 saturated heterocycles. The molecule has 0 saturated carbocycles. The average molecular weight is 166 g/mol. The Hall–Kier alpha value is -0.490. The van der Waals surface area contributed by atoms with E-state index >= 15 is 0 Å². The lowest BCUT2D eigenvalue weighted by atomic mass is 10.1. The van der Waals surface area contributed by atoms with Crippen molar-refractivity contribution in [2.75, 3.05) is 6.61 Å². The van der Waals surface area contributed by atoms with Gasteiger partial charge in [-0.2, -0.15) is 0 Å². The Morgan fingerprint density at radius 2 is 1.73 bits per heavy atom. The van der Waals surface area contributed by atoms with E-state index in [4.69, 9.17) is 20.4 Å². The number of aliphatic hydroxyl groups is 4. The lowest BCUT2D eigenvalue weighted by Gasteiger charge is -2.16. The highest BCUT2D eigenvalue weighted by molar-refractivity contribution is 5.56. The van der Waals surface area contributed by atoms with Crippen molar-refractivity contribution in [2.45, 2.75) is 25.7 Å². The fourth-order valence-electron chi connectivity index (χ4n) is 0.416. The normalized spacial score (nSPS) is 17.8. The van der Waals surface area contributed by atoms with E-state index < -0.39 is 24.9 Å². The summed E-state index contributed by atoms with van der Waals surface area (Å²) < 4.78 is 0. The maximum absolute atomic E-state index is 9.76. The van der Waals surface area contributed by atoms with Crippen LogP contribution < -0.4 is 0 Å². The van der Waals surface area contributed by atoms with Gasteiger partial charge in [-0.05, 0) is 0 Å². The molecule has 0 rings (SSSR count). The molecule has 0 fully saturated rings. The molecule has 0 spiro atoms. The molecule has 0 amide bonds. The lowest BCUT2D eigenvalue weighted by Crippen LogP contribution is -2.40. The molecule has 0 unspecified atom stereocenters. The average Bonchev–Trinajstić information content (AvgIpc) is 2.00. The smallest absolute Gasteiger partial charge is 0.151 e. The quantitative estimate of drug-likeness (QED) is 0.358. The number of aldehydes is 1. The molecule has 0 aromatic heterocycles. The summed E-state index contributed by atoms with van der Waals surface area (Å²) in [6.07, 6.45) is -4.63. The van der Waals surface area contributed by atoms with Crippen molar-refractivity contribution in [1.29, 1.82) is 0 Å². The Kier molecular flexibility index (Phi) is 7.44. The van der Waals surface area contributed by atoms with E-state index in [0.717, 1.165) is 0 Å². The van der Waals surface area contributed by atoms with Crippen molar-refractivity contribution in [3.63, 3.8) is 0 Å². The zero-order valence-corrected chi connectivity index (χ0v) is 5.21. The molecule has 0 aliphatic carbocycles. The van der Waals surface area contributed by atoms with Crippen LogP contribution in [0, 0.1) is 0 Å². The van der Waals surface area contributed by atoms with Crippen LogP contribution in [-0.4, -0.2) is 51.6 Å². The molecular weight excluding hydrogens is 152 g/mol. The van der Waals surface area contributed by atoms with Gasteiger partial charge in [0.15, 0.2) is 6.29 Å². The second kappa shape index (κ2) is 6.23. The largest absolute Gasteiger partial charge is 0.394 e. The molecule has 0 aliphatic heterocycles. The molecule has 11 heavy (non-hydrogen) atoms. The number of hydrogen-bond donors (Lipinski definition) is 4. The third kappa shape index (κ3) is 4.05. The highest BCUT2D eigenvalue weighted by Crippen LogP contribution is 1.96. The topological polar surface area (TPSA) is 98.0 Å². The minimum atomic E-state index is -1.64. The first kappa shape index (κ1) is 13.1. The molecule has 0 radical (unpaired) electrons. The third-order valence-electron chi connectivity index (χ3n) is 1.07. The van der Waals surface area contributed by atoms with Crippen LogP contribution in [0.1, 0.15) is 7.43 Å². The van der Waals surface area contributed by atoms with Crippen LogP contribution in [0.2, 0.25) is 0 Å². The Balaban J connectivity index is 0. The second-order valence-corrected chi connectivity index (χ2v) is 1.87. The standard InChI is InChI=1S/C5H10O5.CH4/c6-1-3(8)5(10)4(9)2-7;/h1,3-5,7-10H,2H2;1H4/t3-,4-,5+;/m1./s1. The minimum absolute atomic E-state index is 0. The zero-order valence-electron chi connectivity index (χ0n) is 5.21. The summed E-state index contributed by atoms with van der Waals surface area (Å²) in [6, 6.07) is 0. The van der Waals surface area contributed by atoms with E-state index in [-0.39, 0.29) is 13.7 Å². The van der Waals surface area contributed by atoms with Crippen LogP contribution in [0.4, 0.5) is 0 Å². The summed E-state index contributed by atoms with van der Waals surface area (Å²) in [5.74, 6) is 0. The Bertz CT molecular complexity index is 105. The first-order valence-corrected chi connectivity index (χ1v) is 2.73. The highest BCUT2D eigenvalue weighted by Gasteiger charge is 2.22. The van der Waals surface area contributed by atoms with Gasteiger partial charge in [-0.1, -0.05) is 7.43 Å². The molecule has 0 aromatic carbocycles. The van der Waals surface area contributed by atoms with E-state index in [9.17, 15) is 4.79 Å². The van der Waals surface area contributed by atoms with Crippen molar-refractivity contribution in [3.8, 4) is 0 Å². The maximum atomic E-state index is 9.76. The number of carbonyl (C=O) groups is 1. The predicted molar refractivity (Wildman–Crippen MR) is 37.9 cm³/mol. The Morgan fingerprint density at radius 1 is 1.27 bits per heavy atom. The van der Waals surface area contributed by atoms with Crippen LogP contribution in [0.15, 0.2) is 0 Å². The van der Waals surface area contributed by atoms with Crippen molar-refractivity contribution in [1.82, 2.24) is 0 Å². The summed E-state index contributed by atoms with van der Waals surface area (Å²) in [7, 11) is 0. The fourth-order valence-corrected chi connectivity index (χ4v) is 0.416. The number of carbonyl (C=O) groups excluding carboxylic acids is 1. The second-order valence-electron chi connectivity index (χ2n) is 1.87. The van der Waals surface area contributed by atoms with Gasteiger partial charge in [-0.25, -0.2) is 0 Å². The first-order chi connectivity index (χ1) is 4.63. The fraction of sp³-hybridized carbons (Fsp3) is 0.833. The molecular formula is C6H14O5. The van der Waals surface area contributed by atoms with Gasteiger partial charge < -0.3 is 25.2 Å². The van der Waals surface area contributed by atoms with Crippen molar-refractivity contribution < 1.29 is 25.2 Å². The zero-order chi connectivity index (χ0) is 8.15. The Morgan fingerprint density at radius 3 is 2.00 bits per heavy atom. The van der Waals surface area contributed by atoms with E-state index in [1.807, 2.05) is 0 Å². The number of hydrogen-bond acceptors (Lipinski definition) is 5. The third-order valence-corrected chi connectivity index (χ3v) is 1.07. The maximum Gasteiger partial charge on any atom is 0.151 e. The van der Waals surface area contributed by atoms with Crippen LogP contribution in [-0.2, 0) is 4.79 Å². The van der Waals surface area contributed by atoms with Gasteiger partial charge in [0.2, 0.25) is 0 Å². The van der Waals surface area contributed by atoms with E-state index in [1.54, 1.807) is 0 Å². The highest BCUT2D eigenvalue weighted by atomic mass is 16.4. The first-order valence-electron chi connectivity index (χ1n) is 2.73. The molecule has 5 nitrogen and oxygen atoms in total. The van der Waals surface area contributed by atoms with E-state index in [2.05, 4.69) is 0 Å². The molecule has 0 heterocycles. The van der Waals surface area contributed by atoms with Gasteiger partial charge in [-0.3, -0.25) is 0 Å². The molecule has 4 N–H and O–H groups in total. The minimum Gasteiger partial charge on any atom is -0.394 e. The monoisotopic (exact) mass is 166 g/mol. The van der Waals surface area contributed by atoms with Crippen molar-refractivity contribution >= 4 is 6.29 Å². The van der Waals surface area contributed by atoms with Gasteiger partial charge in [0.25, 0.3) is 0 Å². The van der Waals surface area contributed by atoms with Crippen LogP contribution in [0.5, 0.6) is 0 Å². The van der Waals surface area contributed by atoms with Crippen LogP contribution in [0.3, 0.4) is 0 Å². The van der Waals surface area contributed by atoms with Gasteiger partial charge in [0, 0.05) is 0 Å². The summed E-state index contributed by atoms with van der Waals surface area (Å²) in [5.41, 5.74) is 0. The molecule has 68 valence electrons. The summed E-state index contributed by atoms with van der Waals surface area (Å²) >= 11 is 0. The Labute approximate surface area is 64.9 Å².